The lowest BCUT2D eigenvalue weighted by Gasteiger charge is -2.38. The number of fused-ring (bicyclic) bond motifs is 2. The van der Waals surface area contributed by atoms with E-state index >= 15 is 0 Å². The maximum absolute atomic E-state index is 13.7. The Bertz CT molecular complexity index is 895. The summed E-state index contributed by atoms with van der Waals surface area (Å²) < 4.78 is 18.1. The third-order valence-electron chi connectivity index (χ3n) is 7.45. The zero-order chi connectivity index (χ0) is 25.5. The zero-order valence-electron chi connectivity index (χ0n) is 22.5. The minimum Gasteiger partial charge on any atom is -0.504 e. The Morgan fingerprint density at radius 2 is 1.79 bits per heavy atom. The van der Waals surface area contributed by atoms with Crippen LogP contribution in [0.4, 0.5) is 5.69 Å². The molecule has 1 aromatic rings. The molecule has 0 saturated carbocycles. The predicted octanol–water partition coefficient (Wildman–Crippen LogP) is 5.14. The van der Waals surface area contributed by atoms with Crippen molar-refractivity contribution in [1.82, 2.24) is 4.90 Å². The second-order valence-electron chi connectivity index (χ2n) is 12.5. The van der Waals surface area contributed by atoms with E-state index in [1.807, 2.05) is 4.90 Å². The lowest BCUT2D eigenvalue weighted by atomic mass is 10.1. The Balaban J connectivity index is 1.86. The molecule has 2 aliphatic heterocycles. The van der Waals surface area contributed by atoms with Gasteiger partial charge in [-0.1, -0.05) is 40.4 Å². The van der Waals surface area contributed by atoms with E-state index in [1.54, 1.807) is 12.1 Å². The Labute approximate surface area is 207 Å². The highest BCUT2D eigenvalue weighted by Gasteiger charge is 2.45. The minimum atomic E-state index is -1.95. The van der Waals surface area contributed by atoms with Gasteiger partial charge in [-0.15, -0.1) is 0 Å². The highest BCUT2D eigenvalue weighted by molar-refractivity contribution is 6.76. The molecule has 1 unspecified atom stereocenters. The van der Waals surface area contributed by atoms with E-state index in [2.05, 4.69) is 58.4 Å². The number of benzene rings is 1. The summed E-state index contributed by atoms with van der Waals surface area (Å²) in [4.78, 5) is 17.7. The van der Waals surface area contributed by atoms with Crippen LogP contribution in [-0.2, 0) is 9.16 Å². The van der Waals surface area contributed by atoms with Crippen molar-refractivity contribution in [3.05, 3.63) is 17.7 Å². The largest absolute Gasteiger partial charge is 0.504 e. The SMILES string of the molecule is COc1cc2c(cc1O)N(COCC[Si](C)(C)C)C[C@@H]1CC(O[Si](C)(C)C(C)(C)C)CN1C2=O. The van der Waals surface area contributed by atoms with Gasteiger partial charge < -0.3 is 28.8 Å². The molecule has 1 saturated heterocycles. The van der Waals surface area contributed by atoms with Gasteiger partial charge in [-0.05, 0) is 36.7 Å². The van der Waals surface area contributed by atoms with Gasteiger partial charge in [-0.2, -0.15) is 0 Å². The number of rotatable bonds is 8. The summed E-state index contributed by atoms with van der Waals surface area (Å²) in [5, 5.41) is 10.6. The van der Waals surface area contributed by atoms with Crippen LogP contribution in [-0.4, -0.2) is 78.0 Å². The quantitative estimate of drug-likeness (QED) is 0.387. The average molecular weight is 509 g/mol. The fourth-order valence-corrected chi connectivity index (χ4v) is 6.43. The highest BCUT2D eigenvalue weighted by atomic mass is 28.4. The summed E-state index contributed by atoms with van der Waals surface area (Å²) in [5.41, 5.74) is 1.24. The fraction of sp³-hybridized carbons (Fsp3) is 0.720. The number of carbonyl (C=O) groups is 1. The molecule has 0 bridgehead atoms. The van der Waals surface area contributed by atoms with Crippen LogP contribution in [0.15, 0.2) is 12.1 Å². The number of amides is 1. The van der Waals surface area contributed by atoms with Crippen LogP contribution in [0.5, 0.6) is 11.5 Å². The molecule has 1 fully saturated rings. The molecule has 2 heterocycles. The number of nitrogens with zero attached hydrogens (tertiary/aromatic N) is 2. The maximum Gasteiger partial charge on any atom is 0.256 e. The van der Waals surface area contributed by atoms with Crippen molar-refractivity contribution in [2.45, 2.75) is 83.2 Å². The summed E-state index contributed by atoms with van der Waals surface area (Å²) in [6.45, 7) is 20.6. The van der Waals surface area contributed by atoms with E-state index in [0.29, 0.717) is 43.4 Å². The molecule has 9 heteroatoms. The van der Waals surface area contributed by atoms with Crippen LogP contribution in [0.3, 0.4) is 0 Å². The standard InChI is InChI=1S/C25H44N2O5Si2/c1-25(2,3)34(8,9)32-19-12-18-15-26(17-31-10-11-33(5,6)7)21-14-22(28)23(30-4)13-20(21)24(29)27(18)16-19/h13-14,18-19,28H,10-12,15-17H2,1-9H3/t18-,19?/m0/s1. The van der Waals surface area contributed by atoms with Gasteiger partial charge in [0, 0.05) is 33.8 Å². The maximum atomic E-state index is 13.7. The molecular formula is C25H44N2O5Si2. The topological polar surface area (TPSA) is 71.5 Å². The first kappa shape index (κ1) is 27.0. The molecule has 3 rings (SSSR count). The lowest BCUT2D eigenvalue weighted by molar-refractivity contribution is 0.0726. The number of phenols is 1. The van der Waals surface area contributed by atoms with Crippen LogP contribution in [0.2, 0.25) is 43.8 Å². The molecule has 1 aromatic carbocycles. The molecule has 7 nitrogen and oxygen atoms in total. The first-order valence-electron chi connectivity index (χ1n) is 12.4. The van der Waals surface area contributed by atoms with Gasteiger partial charge in [-0.3, -0.25) is 4.79 Å². The molecule has 1 N–H and O–H groups in total. The van der Waals surface area contributed by atoms with Gasteiger partial charge in [0.15, 0.2) is 19.8 Å². The van der Waals surface area contributed by atoms with Crippen molar-refractivity contribution in [2.24, 2.45) is 0 Å². The van der Waals surface area contributed by atoms with E-state index in [4.69, 9.17) is 13.9 Å². The molecule has 2 aliphatic rings. The predicted molar refractivity (Wildman–Crippen MR) is 142 cm³/mol. The van der Waals surface area contributed by atoms with Crippen LogP contribution < -0.4 is 9.64 Å². The van der Waals surface area contributed by atoms with Gasteiger partial charge in [0.1, 0.15) is 6.73 Å². The Hall–Kier alpha value is -1.56. The van der Waals surface area contributed by atoms with Crippen molar-refractivity contribution in [3.63, 3.8) is 0 Å². The van der Waals surface area contributed by atoms with Crippen molar-refractivity contribution in [1.29, 1.82) is 0 Å². The van der Waals surface area contributed by atoms with Crippen molar-refractivity contribution < 1.29 is 23.8 Å². The number of methoxy groups -OCH3 is 1. The summed E-state index contributed by atoms with van der Waals surface area (Å²) in [6.07, 6.45) is 0.839. The smallest absolute Gasteiger partial charge is 0.256 e. The first-order valence-corrected chi connectivity index (χ1v) is 19.0. The number of aromatic hydroxyl groups is 1. The third-order valence-corrected chi connectivity index (χ3v) is 13.7. The third kappa shape index (κ3) is 5.98. The molecule has 0 aromatic heterocycles. The van der Waals surface area contributed by atoms with Crippen LogP contribution in [0.25, 0.3) is 0 Å². The molecule has 192 valence electrons. The Morgan fingerprint density at radius 3 is 2.38 bits per heavy atom. The summed E-state index contributed by atoms with van der Waals surface area (Å²) in [6, 6.07) is 4.41. The van der Waals surface area contributed by atoms with Gasteiger partial charge in [0.2, 0.25) is 0 Å². The molecule has 34 heavy (non-hydrogen) atoms. The molecule has 1 amide bonds. The first-order chi connectivity index (χ1) is 15.6. The lowest BCUT2D eigenvalue weighted by Crippen LogP contribution is -2.44. The monoisotopic (exact) mass is 508 g/mol. The van der Waals surface area contributed by atoms with Gasteiger partial charge in [0.25, 0.3) is 5.91 Å². The van der Waals surface area contributed by atoms with Gasteiger partial charge in [0.05, 0.1) is 30.5 Å². The van der Waals surface area contributed by atoms with E-state index in [9.17, 15) is 9.90 Å². The number of hydrogen-bond acceptors (Lipinski definition) is 6. The van der Waals surface area contributed by atoms with Crippen molar-refractivity contribution in [3.8, 4) is 11.5 Å². The summed E-state index contributed by atoms with van der Waals surface area (Å²) in [7, 11) is -1.65. The Kier molecular flexibility index (Phi) is 7.82. The van der Waals surface area contributed by atoms with E-state index in [1.165, 1.54) is 7.11 Å². The van der Waals surface area contributed by atoms with Crippen molar-refractivity contribution in [2.75, 3.05) is 38.4 Å². The fourth-order valence-electron chi connectivity index (χ4n) is 4.31. The van der Waals surface area contributed by atoms with Gasteiger partial charge in [-0.25, -0.2) is 0 Å². The number of carbonyl (C=O) groups excluding carboxylic acids is 1. The van der Waals surface area contributed by atoms with Crippen LogP contribution in [0.1, 0.15) is 37.6 Å². The minimum absolute atomic E-state index is 0.0299. The number of hydrogen-bond donors (Lipinski definition) is 1. The number of anilines is 1. The summed E-state index contributed by atoms with van der Waals surface area (Å²) >= 11 is 0. The van der Waals surface area contributed by atoms with Gasteiger partial charge >= 0.3 is 0 Å². The molecule has 0 radical (unpaired) electrons. The van der Waals surface area contributed by atoms with Crippen LogP contribution in [0, 0.1) is 0 Å². The zero-order valence-corrected chi connectivity index (χ0v) is 24.5. The molecule has 0 spiro atoms. The number of ether oxygens (including phenoxy) is 2. The molecule has 2 atom stereocenters. The Morgan fingerprint density at radius 1 is 1.12 bits per heavy atom. The molecular weight excluding hydrogens is 464 g/mol. The summed E-state index contributed by atoms with van der Waals surface area (Å²) in [5.74, 6) is 0.296. The van der Waals surface area contributed by atoms with E-state index < -0.39 is 16.4 Å². The highest BCUT2D eigenvalue weighted by Crippen LogP contribution is 2.42. The molecule has 0 aliphatic carbocycles. The number of phenolic OH excluding ortho intramolecular Hbond substituents is 1. The van der Waals surface area contributed by atoms with E-state index in [0.717, 1.165) is 12.5 Å². The average Bonchev–Trinajstić information content (AvgIpc) is 3.05. The van der Waals surface area contributed by atoms with E-state index in [-0.39, 0.29) is 28.8 Å². The second-order valence-corrected chi connectivity index (χ2v) is 22.8. The van der Waals surface area contributed by atoms with Crippen molar-refractivity contribution >= 4 is 28.0 Å². The second kappa shape index (κ2) is 9.83. The van der Waals surface area contributed by atoms with Crippen LogP contribution >= 0.6 is 0 Å². The normalized spacial score (nSPS) is 21.4.